The van der Waals surface area contributed by atoms with Crippen molar-refractivity contribution in [3.63, 3.8) is 0 Å². The smallest absolute Gasteiger partial charge is 0.311 e. The molecule has 3 aliphatic rings. The Kier molecular flexibility index (Phi) is 4.23. The maximum absolute atomic E-state index is 12.5. The number of esters is 1. The molecular formula is C21H32O2. The Hall–Kier alpha value is -1.05. The molecule has 0 amide bonds. The summed E-state index contributed by atoms with van der Waals surface area (Å²) in [5.41, 5.74) is 3.09. The molecule has 0 aliphatic heterocycles. The van der Waals surface area contributed by atoms with Crippen molar-refractivity contribution < 1.29 is 9.53 Å². The highest BCUT2D eigenvalue weighted by atomic mass is 16.5. The van der Waals surface area contributed by atoms with Crippen LogP contribution in [-0.4, -0.2) is 13.1 Å². The maximum atomic E-state index is 12.5. The van der Waals surface area contributed by atoms with Gasteiger partial charge >= 0.3 is 5.97 Å². The van der Waals surface area contributed by atoms with Gasteiger partial charge in [0.15, 0.2) is 0 Å². The van der Waals surface area contributed by atoms with Crippen LogP contribution in [0.2, 0.25) is 0 Å². The molecule has 0 aromatic heterocycles. The topological polar surface area (TPSA) is 26.3 Å². The molecule has 23 heavy (non-hydrogen) atoms. The molecule has 4 atom stereocenters. The Morgan fingerprint density at radius 2 is 2.04 bits per heavy atom. The molecular weight excluding hydrogens is 284 g/mol. The van der Waals surface area contributed by atoms with Crippen molar-refractivity contribution in [2.75, 3.05) is 7.11 Å². The number of methoxy groups -OCH3 is 1. The van der Waals surface area contributed by atoms with E-state index in [1.165, 1.54) is 12.0 Å². The summed E-state index contributed by atoms with van der Waals surface area (Å²) in [5.74, 6) is 1.69. The minimum Gasteiger partial charge on any atom is -0.469 e. The summed E-state index contributed by atoms with van der Waals surface area (Å²) >= 11 is 0. The zero-order valence-corrected chi connectivity index (χ0v) is 15.4. The summed E-state index contributed by atoms with van der Waals surface area (Å²) in [6.45, 7) is 9.18. The SMILES string of the molecule is COC(=O)[C@]1(C)CCC[C@]2(C)C3CC=C(C(C)C)C=C3CC[C@@H]12. The van der Waals surface area contributed by atoms with Crippen molar-refractivity contribution in [1.29, 1.82) is 0 Å². The molecule has 3 aliphatic carbocycles. The van der Waals surface area contributed by atoms with E-state index in [0.29, 0.717) is 17.8 Å². The van der Waals surface area contributed by atoms with Crippen LogP contribution < -0.4 is 0 Å². The van der Waals surface area contributed by atoms with E-state index in [9.17, 15) is 4.79 Å². The van der Waals surface area contributed by atoms with Crippen molar-refractivity contribution in [3.05, 3.63) is 23.3 Å². The molecule has 0 spiro atoms. The van der Waals surface area contributed by atoms with Crippen molar-refractivity contribution in [2.45, 2.75) is 66.2 Å². The predicted molar refractivity (Wildman–Crippen MR) is 93.9 cm³/mol. The first-order valence-corrected chi connectivity index (χ1v) is 9.32. The molecule has 1 unspecified atom stereocenters. The van der Waals surface area contributed by atoms with Gasteiger partial charge in [0.1, 0.15) is 0 Å². The van der Waals surface area contributed by atoms with Gasteiger partial charge in [-0.2, -0.15) is 0 Å². The molecule has 128 valence electrons. The number of carbonyl (C=O) groups excluding carboxylic acids is 1. The molecule has 0 saturated heterocycles. The second kappa shape index (κ2) is 5.79. The fourth-order valence-corrected chi connectivity index (χ4v) is 5.89. The van der Waals surface area contributed by atoms with Crippen molar-refractivity contribution in [1.82, 2.24) is 0 Å². The molecule has 0 aromatic carbocycles. The average Bonchev–Trinajstić information content (AvgIpc) is 2.53. The number of fused-ring (bicyclic) bond motifs is 3. The lowest BCUT2D eigenvalue weighted by Gasteiger charge is -2.58. The molecule has 3 rings (SSSR count). The lowest BCUT2D eigenvalue weighted by molar-refractivity contribution is -0.167. The van der Waals surface area contributed by atoms with Gasteiger partial charge in [-0.25, -0.2) is 0 Å². The van der Waals surface area contributed by atoms with Gasteiger partial charge in [0.25, 0.3) is 0 Å². The summed E-state index contributed by atoms with van der Waals surface area (Å²) < 4.78 is 5.21. The van der Waals surface area contributed by atoms with Gasteiger partial charge in [-0.05, 0) is 67.8 Å². The first-order valence-electron chi connectivity index (χ1n) is 9.32. The quantitative estimate of drug-likeness (QED) is 0.647. The summed E-state index contributed by atoms with van der Waals surface area (Å²) in [6, 6.07) is 0. The van der Waals surface area contributed by atoms with Crippen molar-refractivity contribution in [3.8, 4) is 0 Å². The van der Waals surface area contributed by atoms with Crippen LogP contribution in [0.5, 0.6) is 0 Å². The van der Waals surface area contributed by atoms with Gasteiger partial charge in [0.05, 0.1) is 12.5 Å². The van der Waals surface area contributed by atoms with E-state index >= 15 is 0 Å². The van der Waals surface area contributed by atoms with E-state index in [0.717, 1.165) is 32.1 Å². The number of carbonyl (C=O) groups is 1. The Bertz CT molecular complexity index is 556. The third-order valence-corrected chi connectivity index (χ3v) is 7.20. The molecule has 0 aromatic rings. The molecule has 0 heterocycles. The lowest BCUT2D eigenvalue weighted by Crippen LogP contribution is -2.53. The van der Waals surface area contributed by atoms with Crippen molar-refractivity contribution >= 4 is 5.97 Å². The Morgan fingerprint density at radius 1 is 1.30 bits per heavy atom. The number of allylic oxidation sites excluding steroid dienone is 4. The minimum absolute atomic E-state index is 0.00933. The van der Waals surface area contributed by atoms with E-state index < -0.39 is 0 Å². The standard InChI is InChI=1S/C21H32O2/c1-14(2)15-7-9-17-16(13-15)8-10-18-20(17,3)11-6-12-21(18,4)19(22)23-5/h7,13-14,17-18H,6,8-12H2,1-5H3/t17?,18-,20-,21-/m1/s1. The zero-order chi connectivity index (χ0) is 16.8. The zero-order valence-electron chi connectivity index (χ0n) is 15.4. The van der Waals surface area contributed by atoms with E-state index in [1.54, 1.807) is 12.7 Å². The van der Waals surface area contributed by atoms with Crippen LogP contribution in [0.1, 0.15) is 66.2 Å². The molecule has 0 bridgehead atoms. The predicted octanol–water partition coefficient (Wildman–Crippen LogP) is 5.29. The maximum Gasteiger partial charge on any atom is 0.311 e. The van der Waals surface area contributed by atoms with Gasteiger partial charge in [-0.15, -0.1) is 0 Å². The first-order chi connectivity index (χ1) is 10.8. The monoisotopic (exact) mass is 316 g/mol. The second-order valence-corrected chi connectivity index (χ2v) is 8.73. The van der Waals surface area contributed by atoms with Gasteiger partial charge in [-0.3, -0.25) is 4.79 Å². The number of rotatable bonds is 2. The number of hydrogen-bond donors (Lipinski definition) is 0. The fraction of sp³-hybridized carbons (Fsp3) is 0.762. The summed E-state index contributed by atoms with van der Waals surface area (Å²) in [5, 5.41) is 0. The Balaban J connectivity index is 1.94. The van der Waals surface area contributed by atoms with E-state index in [2.05, 4.69) is 39.8 Å². The Morgan fingerprint density at radius 3 is 2.70 bits per heavy atom. The highest BCUT2D eigenvalue weighted by molar-refractivity contribution is 5.77. The van der Waals surface area contributed by atoms with Gasteiger partial charge in [-0.1, -0.05) is 44.9 Å². The summed E-state index contributed by atoms with van der Waals surface area (Å²) in [7, 11) is 1.55. The van der Waals surface area contributed by atoms with E-state index in [-0.39, 0.29) is 16.8 Å². The van der Waals surface area contributed by atoms with Gasteiger partial charge in [0.2, 0.25) is 0 Å². The fourth-order valence-electron chi connectivity index (χ4n) is 5.89. The van der Waals surface area contributed by atoms with Crippen LogP contribution in [-0.2, 0) is 9.53 Å². The normalized spacial score (nSPS) is 39.9. The summed E-state index contributed by atoms with van der Waals surface area (Å²) in [4.78, 5) is 12.5. The second-order valence-electron chi connectivity index (χ2n) is 8.73. The number of ether oxygens (including phenoxy) is 1. The lowest BCUT2D eigenvalue weighted by atomic mass is 9.46. The van der Waals surface area contributed by atoms with E-state index in [1.807, 2.05) is 0 Å². The summed E-state index contributed by atoms with van der Waals surface area (Å²) in [6.07, 6.45) is 11.8. The van der Waals surface area contributed by atoms with Crippen molar-refractivity contribution in [2.24, 2.45) is 28.6 Å². The van der Waals surface area contributed by atoms with E-state index in [4.69, 9.17) is 4.74 Å². The largest absolute Gasteiger partial charge is 0.469 e. The van der Waals surface area contributed by atoms with Crippen LogP contribution in [0, 0.1) is 28.6 Å². The van der Waals surface area contributed by atoms with Crippen LogP contribution in [0.25, 0.3) is 0 Å². The van der Waals surface area contributed by atoms with Gasteiger partial charge in [0, 0.05) is 0 Å². The third kappa shape index (κ3) is 2.49. The van der Waals surface area contributed by atoms with Gasteiger partial charge < -0.3 is 4.74 Å². The molecule has 2 fully saturated rings. The highest BCUT2D eigenvalue weighted by Crippen LogP contribution is 2.63. The molecule has 2 nitrogen and oxygen atoms in total. The first kappa shape index (κ1) is 16.8. The molecule has 2 saturated carbocycles. The highest BCUT2D eigenvalue weighted by Gasteiger charge is 2.58. The number of hydrogen-bond acceptors (Lipinski definition) is 2. The van der Waals surface area contributed by atoms with Crippen LogP contribution in [0.15, 0.2) is 23.3 Å². The average molecular weight is 316 g/mol. The van der Waals surface area contributed by atoms with Crippen LogP contribution >= 0.6 is 0 Å². The molecule has 2 heteroatoms. The van der Waals surface area contributed by atoms with Crippen LogP contribution in [0.4, 0.5) is 0 Å². The van der Waals surface area contributed by atoms with Crippen LogP contribution in [0.3, 0.4) is 0 Å². The minimum atomic E-state index is -0.296. The third-order valence-electron chi connectivity index (χ3n) is 7.20. The molecule has 0 N–H and O–H groups in total. The Labute approximate surface area is 141 Å². The molecule has 0 radical (unpaired) electrons.